The Hall–Kier alpha value is -3.82. The highest BCUT2D eigenvalue weighted by molar-refractivity contribution is 6.32. The SMILES string of the molecule is CN1CCC(NC(=O)c2ccc(-c3c(F)cnc4[nH]c5cnc(-c6cnn(C)c6Cl)cc5c34)cc2)CC1. The highest BCUT2D eigenvalue weighted by Gasteiger charge is 2.21. The molecule has 1 fully saturated rings. The monoisotopic (exact) mass is 517 g/mol. The van der Waals surface area contributed by atoms with Crippen LogP contribution in [0.1, 0.15) is 23.2 Å². The number of carbonyl (C=O) groups is 1. The summed E-state index contributed by atoms with van der Waals surface area (Å²) in [4.78, 5) is 27.1. The van der Waals surface area contributed by atoms with Gasteiger partial charge in [-0.2, -0.15) is 5.10 Å². The fourth-order valence-corrected chi connectivity index (χ4v) is 5.16. The number of aromatic amines is 1. The van der Waals surface area contributed by atoms with E-state index < -0.39 is 5.82 Å². The van der Waals surface area contributed by atoms with E-state index in [0.717, 1.165) is 36.8 Å². The molecule has 188 valence electrons. The summed E-state index contributed by atoms with van der Waals surface area (Å²) in [5.74, 6) is -0.563. The fraction of sp³-hybridized carbons (Fsp3) is 0.259. The van der Waals surface area contributed by atoms with Crippen molar-refractivity contribution in [2.45, 2.75) is 18.9 Å². The molecule has 2 N–H and O–H groups in total. The van der Waals surface area contributed by atoms with Crippen molar-refractivity contribution in [3.05, 3.63) is 65.5 Å². The Balaban J connectivity index is 1.38. The van der Waals surface area contributed by atoms with Gasteiger partial charge in [-0.3, -0.25) is 14.5 Å². The third kappa shape index (κ3) is 4.24. The van der Waals surface area contributed by atoms with E-state index in [9.17, 15) is 4.79 Å². The zero-order chi connectivity index (χ0) is 25.7. The van der Waals surface area contributed by atoms with Crippen LogP contribution in [0.2, 0.25) is 5.15 Å². The van der Waals surface area contributed by atoms with Gasteiger partial charge in [-0.15, -0.1) is 0 Å². The number of aryl methyl sites for hydroxylation is 1. The quantitative estimate of drug-likeness (QED) is 0.357. The van der Waals surface area contributed by atoms with Gasteiger partial charge in [0.1, 0.15) is 16.6 Å². The summed E-state index contributed by atoms with van der Waals surface area (Å²) >= 11 is 6.39. The maximum Gasteiger partial charge on any atom is 0.251 e. The molecule has 1 aliphatic rings. The van der Waals surface area contributed by atoms with Crippen LogP contribution >= 0.6 is 11.6 Å². The van der Waals surface area contributed by atoms with Gasteiger partial charge in [0.05, 0.1) is 35.4 Å². The number of fused-ring (bicyclic) bond motifs is 3. The van der Waals surface area contributed by atoms with E-state index in [1.807, 2.05) is 6.07 Å². The molecule has 0 spiro atoms. The van der Waals surface area contributed by atoms with Crippen LogP contribution in [0.15, 0.2) is 48.9 Å². The summed E-state index contributed by atoms with van der Waals surface area (Å²) in [7, 11) is 3.84. The van der Waals surface area contributed by atoms with E-state index in [2.05, 4.69) is 37.3 Å². The van der Waals surface area contributed by atoms with Gasteiger partial charge in [0.2, 0.25) is 0 Å². The molecule has 0 saturated carbocycles. The number of H-pyrrole nitrogens is 1. The molecule has 1 amide bonds. The van der Waals surface area contributed by atoms with Gasteiger partial charge in [0.15, 0.2) is 0 Å². The van der Waals surface area contributed by atoms with Gasteiger partial charge in [-0.25, -0.2) is 9.37 Å². The number of pyridine rings is 2. The molecule has 37 heavy (non-hydrogen) atoms. The summed E-state index contributed by atoms with van der Waals surface area (Å²) in [6, 6.07) is 9.07. The lowest BCUT2D eigenvalue weighted by molar-refractivity contribution is 0.0917. The molecule has 8 nitrogen and oxygen atoms in total. The number of aromatic nitrogens is 5. The van der Waals surface area contributed by atoms with Gasteiger partial charge >= 0.3 is 0 Å². The van der Waals surface area contributed by atoms with Crippen molar-refractivity contribution in [3.8, 4) is 22.4 Å². The average Bonchev–Trinajstić information content (AvgIpc) is 3.44. The highest BCUT2D eigenvalue weighted by atomic mass is 35.5. The van der Waals surface area contributed by atoms with Crippen LogP contribution in [-0.4, -0.2) is 61.7 Å². The molecule has 0 unspecified atom stereocenters. The Bertz CT molecular complexity index is 1630. The molecule has 10 heteroatoms. The third-order valence-electron chi connectivity index (χ3n) is 7.09. The van der Waals surface area contributed by atoms with Crippen LogP contribution in [0.5, 0.6) is 0 Å². The number of halogens is 2. The third-order valence-corrected chi connectivity index (χ3v) is 7.54. The van der Waals surface area contributed by atoms with Crippen molar-refractivity contribution >= 4 is 39.4 Å². The number of hydrogen-bond donors (Lipinski definition) is 2. The summed E-state index contributed by atoms with van der Waals surface area (Å²) < 4.78 is 16.9. The molecule has 6 rings (SSSR count). The molecule has 5 aromatic rings. The molecule has 0 bridgehead atoms. The van der Waals surface area contributed by atoms with E-state index in [4.69, 9.17) is 11.6 Å². The molecule has 1 saturated heterocycles. The minimum atomic E-state index is -0.449. The number of carbonyl (C=O) groups excluding carboxylic acids is 1. The lowest BCUT2D eigenvalue weighted by Gasteiger charge is -2.29. The molecule has 1 aromatic carbocycles. The Morgan fingerprint density at radius 1 is 1.11 bits per heavy atom. The molecule has 0 radical (unpaired) electrons. The number of benzene rings is 1. The van der Waals surface area contributed by atoms with Crippen molar-refractivity contribution in [2.24, 2.45) is 7.05 Å². The maximum absolute atomic E-state index is 15.3. The number of rotatable bonds is 4. The number of nitrogens with zero attached hydrogens (tertiary/aromatic N) is 5. The van der Waals surface area contributed by atoms with E-state index in [0.29, 0.717) is 44.1 Å². The van der Waals surface area contributed by atoms with Crippen LogP contribution in [-0.2, 0) is 7.05 Å². The topological polar surface area (TPSA) is 91.7 Å². The van der Waals surface area contributed by atoms with E-state index >= 15 is 4.39 Å². The van der Waals surface area contributed by atoms with E-state index in [-0.39, 0.29) is 11.9 Å². The molecule has 4 aromatic heterocycles. The van der Waals surface area contributed by atoms with Gasteiger partial charge in [0.25, 0.3) is 5.91 Å². The second-order valence-electron chi connectivity index (χ2n) is 9.55. The molecule has 1 aliphatic heterocycles. The molecule has 5 heterocycles. The van der Waals surface area contributed by atoms with Gasteiger partial charge < -0.3 is 15.2 Å². The van der Waals surface area contributed by atoms with Crippen LogP contribution in [0, 0.1) is 5.82 Å². The first-order valence-electron chi connectivity index (χ1n) is 12.1. The van der Waals surface area contributed by atoms with Crippen LogP contribution in [0.4, 0.5) is 4.39 Å². The predicted octanol–water partition coefficient (Wildman–Crippen LogP) is 4.80. The van der Waals surface area contributed by atoms with Crippen molar-refractivity contribution in [1.29, 1.82) is 0 Å². The maximum atomic E-state index is 15.3. The molecular weight excluding hydrogens is 493 g/mol. The Labute approximate surface area is 217 Å². The summed E-state index contributed by atoms with van der Waals surface area (Å²) in [6.45, 7) is 1.94. The standard InChI is InChI=1S/C27H25ClFN7O/c1-35-9-7-17(8-10-35)33-27(37)16-5-3-15(4-6-16)23-20(29)13-31-26-24(23)18-11-21(30-14-22(18)34-26)19-12-32-36(2)25(19)28/h3-6,11-14,17H,7-10H2,1-2H3,(H,31,34)(H,33,37). The zero-order valence-corrected chi connectivity index (χ0v) is 21.2. The minimum Gasteiger partial charge on any atom is -0.349 e. The first kappa shape index (κ1) is 23.6. The normalized spacial score (nSPS) is 15.0. The van der Waals surface area contributed by atoms with Crippen LogP contribution in [0.25, 0.3) is 44.3 Å². The molecular formula is C27H25ClFN7O. The zero-order valence-electron chi connectivity index (χ0n) is 20.4. The highest BCUT2D eigenvalue weighted by Crippen LogP contribution is 2.37. The average molecular weight is 518 g/mol. The van der Waals surface area contributed by atoms with Gasteiger partial charge in [0, 0.05) is 35.0 Å². The van der Waals surface area contributed by atoms with E-state index in [1.165, 1.54) is 6.20 Å². The van der Waals surface area contributed by atoms with Gasteiger partial charge in [-0.05, 0) is 56.7 Å². The van der Waals surface area contributed by atoms with Crippen molar-refractivity contribution in [1.82, 2.24) is 34.9 Å². The minimum absolute atomic E-state index is 0.113. The van der Waals surface area contributed by atoms with Crippen molar-refractivity contribution in [3.63, 3.8) is 0 Å². The van der Waals surface area contributed by atoms with E-state index in [1.54, 1.807) is 48.4 Å². The number of amides is 1. The number of likely N-dealkylation sites (tertiary alicyclic amines) is 1. The number of piperidine rings is 1. The Morgan fingerprint density at radius 3 is 2.57 bits per heavy atom. The molecule has 0 atom stereocenters. The molecule has 0 aliphatic carbocycles. The first-order chi connectivity index (χ1) is 17.9. The smallest absolute Gasteiger partial charge is 0.251 e. The number of hydrogen-bond acceptors (Lipinski definition) is 5. The van der Waals surface area contributed by atoms with Crippen molar-refractivity contribution in [2.75, 3.05) is 20.1 Å². The van der Waals surface area contributed by atoms with Gasteiger partial charge in [-0.1, -0.05) is 23.7 Å². The number of nitrogens with one attached hydrogen (secondary N) is 2. The van der Waals surface area contributed by atoms with Crippen LogP contribution < -0.4 is 5.32 Å². The Kier molecular flexibility index (Phi) is 5.89. The van der Waals surface area contributed by atoms with Crippen LogP contribution in [0.3, 0.4) is 0 Å². The second kappa shape index (κ2) is 9.24. The largest absolute Gasteiger partial charge is 0.349 e. The lowest BCUT2D eigenvalue weighted by Crippen LogP contribution is -2.43. The summed E-state index contributed by atoms with van der Waals surface area (Å²) in [5, 5.41) is 9.19. The predicted molar refractivity (Wildman–Crippen MR) is 142 cm³/mol. The second-order valence-corrected chi connectivity index (χ2v) is 9.90. The Morgan fingerprint density at radius 2 is 1.86 bits per heavy atom. The fourth-order valence-electron chi connectivity index (χ4n) is 4.97. The lowest BCUT2D eigenvalue weighted by atomic mass is 9.99. The van der Waals surface area contributed by atoms with Crippen molar-refractivity contribution < 1.29 is 9.18 Å². The first-order valence-corrected chi connectivity index (χ1v) is 12.5. The summed E-state index contributed by atoms with van der Waals surface area (Å²) in [5.41, 5.74) is 4.20. The summed E-state index contributed by atoms with van der Waals surface area (Å²) in [6.07, 6.45) is 6.42.